The second-order valence-electron chi connectivity index (χ2n) is 10.1. The second-order valence-corrected chi connectivity index (χ2v) is 10.1. The number of piperidine rings is 1. The zero-order chi connectivity index (χ0) is 23.4. The molecule has 1 saturated heterocycles. The van der Waals surface area contributed by atoms with Gasteiger partial charge in [-0.3, -0.25) is 9.69 Å². The maximum absolute atomic E-state index is 13.6. The first-order valence-corrected chi connectivity index (χ1v) is 12.7. The van der Waals surface area contributed by atoms with Gasteiger partial charge >= 0.3 is 0 Å². The highest BCUT2D eigenvalue weighted by Crippen LogP contribution is 2.36. The fourth-order valence-electron chi connectivity index (χ4n) is 5.58. The van der Waals surface area contributed by atoms with Gasteiger partial charge in [-0.15, -0.1) is 0 Å². The van der Waals surface area contributed by atoms with Gasteiger partial charge in [0, 0.05) is 44.6 Å². The number of aromatic nitrogens is 1. The third-order valence-corrected chi connectivity index (χ3v) is 7.58. The van der Waals surface area contributed by atoms with Crippen molar-refractivity contribution in [1.82, 2.24) is 9.88 Å². The van der Waals surface area contributed by atoms with Gasteiger partial charge in [0.2, 0.25) is 5.91 Å². The third-order valence-electron chi connectivity index (χ3n) is 7.58. The largest absolute Gasteiger partial charge is 0.363 e. The number of carbonyl (C=O) groups is 1. The van der Waals surface area contributed by atoms with Crippen LogP contribution in [0.1, 0.15) is 69.4 Å². The molecule has 1 fully saturated rings. The average Bonchev–Trinajstić information content (AvgIpc) is 2.81. The van der Waals surface area contributed by atoms with Crippen molar-refractivity contribution in [3.63, 3.8) is 0 Å². The van der Waals surface area contributed by atoms with Gasteiger partial charge in [-0.2, -0.15) is 0 Å². The number of nitrogens with zero attached hydrogens (tertiary/aromatic N) is 4. The lowest BCUT2D eigenvalue weighted by Crippen LogP contribution is -2.44. The van der Waals surface area contributed by atoms with E-state index in [2.05, 4.69) is 48.0 Å². The van der Waals surface area contributed by atoms with Crippen LogP contribution < -0.4 is 9.80 Å². The number of para-hydroxylation sites is 1. The Balaban J connectivity index is 1.39. The van der Waals surface area contributed by atoms with Crippen LogP contribution in [0.3, 0.4) is 0 Å². The number of carbonyl (C=O) groups excluding carboxylic acids is 1. The molecule has 0 saturated carbocycles. The maximum atomic E-state index is 13.6. The van der Waals surface area contributed by atoms with Crippen LogP contribution in [0.2, 0.25) is 0 Å². The zero-order valence-corrected chi connectivity index (χ0v) is 20.8. The molecule has 0 aliphatic carbocycles. The summed E-state index contributed by atoms with van der Waals surface area (Å²) in [5.74, 6) is 0.974. The fourth-order valence-corrected chi connectivity index (χ4v) is 5.58. The van der Waals surface area contributed by atoms with E-state index in [1.807, 2.05) is 42.2 Å². The molecule has 178 valence electrons. The van der Waals surface area contributed by atoms with Crippen molar-refractivity contribution in [3.05, 3.63) is 53.7 Å². The van der Waals surface area contributed by atoms with E-state index in [1.165, 1.54) is 37.8 Å². The molecule has 5 nitrogen and oxygen atoms in total. The number of anilines is 2. The first-order valence-electron chi connectivity index (χ1n) is 12.7. The molecule has 0 radical (unpaired) electrons. The molecule has 5 heteroatoms. The molecule has 1 aromatic carbocycles. The molecule has 3 heterocycles. The first-order chi connectivity index (χ1) is 16.0. The lowest BCUT2D eigenvalue weighted by Gasteiger charge is -2.39. The Kier molecular flexibility index (Phi) is 7.69. The molecule has 2 aliphatic rings. The normalized spacial score (nSPS) is 23.5. The molecule has 33 heavy (non-hydrogen) atoms. The maximum Gasteiger partial charge on any atom is 0.234 e. The lowest BCUT2D eigenvalue weighted by molar-refractivity contribution is -0.120. The number of hydrogen-bond donors (Lipinski definition) is 0. The van der Waals surface area contributed by atoms with Crippen LogP contribution in [-0.2, 0) is 11.2 Å². The number of fused-ring (bicyclic) bond motifs is 1. The summed E-state index contributed by atoms with van der Waals surface area (Å²) in [6.45, 7) is 6.72. The molecule has 2 aromatic rings. The first kappa shape index (κ1) is 23.7. The van der Waals surface area contributed by atoms with Crippen molar-refractivity contribution >= 4 is 17.4 Å². The molecule has 0 N–H and O–H groups in total. The Hall–Kier alpha value is -2.40. The Morgan fingerprint density at radius 3 is 2.39 bits per heavy atom. The lowest BCUT2D eigenvalue weighted by atomic mass is 9.87. The van der Waals surface area contributed by atoms with Crippen molar-refractivity contribution in [2.75, 3.05) is 37.0 Å². The van der Waals surface area contributed by atoms with Gasteiger partial charge < -0.3 is 9.80 Å². The van der Waals surface area contributed by atoms with Crippen molar-refractivity contribution in [2.24, 2.45) is 0 Å². The summed E-state index contributed by atoms with van der Waals surface area (Å²) in [5.41, 5.74) is 3.36. The van der Waals surface area contributed by atoms with E-state index in [0.29, 0.717) is 12.1 Å². The number of likely N-dealkylation sites (tertiary alicyclic amines) is 1. The van der Waals surface area contributed by atoms with Crippen LogP contribution in [0.25, 0.3) is 0 Å². The van der Waals surface area contributed by atoms with E-state index in [9.17, 15) is 4.79 Å². The van der Waals surface area contributed by atoms with Crippen molar-refractivity contribution in [1.29, 1.82) is 0 Å². The minimum Gasteiger partial charge on any atom is -0.363 e. The summed E-state index contributed by atoms with van der Waals surface area (Å²) in [4.78, 5) is 24.9. The minimum atomic E-state index is -0.154. The quantitative estimate of drug-likeness (QED) is 0.517. The minimum absolute atomic E-state index is 0.154. The number of amides is 1. The van der Waals surface area contributed by atoms with E-state index in [0.717, 1.165) is 42.9 Å². The summed E-state index contributed by atoms with van der Waals surface area (Å²) < 4.78 is 0. The monoisotopic (exact) mass is 448 g/mol. The number of benzene rings is 1. The predicted octanol–water partition coefficient (Wildman–Crippen LogP) is 5.25. The molecule has 0 spiro atoms. The van der Waals surface area contributed by atoms with Crippen LogP contribution in [0, 0.1) is 0 Å². The Labute approximate surface area is 199 Å². The highest BCUT2D eigenvalue weighted by Gasteiger charge is 2.33. The van der Waals surface area contributed by atoms with Gasteiger partial charge in [0.1, 0.15) is 5.82 Å². The van der Waals surface area contributed by atoms with Gasteiger partial charge in [0.25, 0.3) is 0 Å². The Morgan fingerprint density at radius 1 is 0.970 bits per heavy atom. The number of unbranched alkanes of at least 4 members (excludes halogenated alkanes) is 2. The molecule has 4 rings (SSSR count). The van der Waals surface area contributed by atoms with E-state index < -0.39 is 0 Å². The Morgan fingerprint density at radius 2 is 1.70 bits per heavy atom. The van der Waals surface area contributed by atoms with Gasteiger partial charge in [-0.25, -0.2) is 4.98 Å². The highest BCUT2D eigenvalue weighted by molar-refractivity contribution is 6.01. The average molecular weight is 449 g/mol. The summed E-state index contributed by atoms with van der Waals surface area (Å²) in [7, 11) is 3.97. The number of hydrogen-bond acceptors (Lipinski definition) is 4. The third kappa shape index (κ3) is 5.40. The van der Waals surface area contributed by atoms with Gasteiger partial charge in [-0.05, 0) is 75.8 Å². The van der Waals surface area contributed by atoms with Gasteiger partial charge in [0.05, 0.1) is 5.92 Å². The van der Waals surface area contributed by atoms with Crippen LogP contribution in [-0.4, -0.2) is 55.1 Å². The molecule has 1 aromatic heterocycles. The summed E-state index contributed by atoms with van der Waals surface area (Å²) in [5, 5.41) is 0. The van der Waals surface area contributed by atoms with E-state index in [-0.39, 0.29) is 11.8 Å². The topological polar surface area (TPSA) is 39.7 Å². The smallest absolute Gasteiger partial charge is 0.234 e. The SMILES string of the molecule is CC1CCCC(C)N1CCCCCN1C(=O)C(c2ccc(N(C)C)nc2)Cc2ccccc21. The predicted molar refractivity (Wildman–Crippen MR) is 137 cm³/mol. The molecule has 1 amide bonds. The van der Waals surface area contributed by atoms with E-state index >= 15 is 0 Å². The molecule has 3 atom stereocenters. The van der Waals surface area contributed by atoms with Crippen molar-refractivity contribution < 1.29 is 4.79 Å². The molecular weight excluding hydrogens is 408 g/mol. The summed E-state index contributed by atoms with van der Waals surface area (Å²) in [6.07, 6.45) is 10.1. The number of pyridine rings is 1. The Bertz CT molecular complexity index is 916. The molecule has 2 aliphatic heterocycles. The van der Waals surface area contributed by atoms with Crippen molar-refractivity contribution in [3.8, 4) is 0 Å². The molecule has 3 unspecified atom stereocenters. The number of rotatable bonds is 8. The van der Waals surface area contributed by atoms with Crippen LogP contribution >= 0.6 is 0 Å². The summed E-state index contributed by atoms with van der Waals surface area (Å²) in [6, 6.07) is 13.9. The van der Waals surface area contributed by atoms with Gasteiger partial charge in [-0.1, -0.05) is 37.1 Å². The fraction of sp³-hybridized carbons (Fsp3) is 0.571. The van der Waals surface area contributed by atoms with Crippen LogP contribution in [0.15, 0.2) is 42.6 Å². The summed E-state index contributed by atoms with van der Waals surface area (Å²) >= 11 is 0. The van der Waals surface area contributed by atoms with Crippen LogP contribution in [0.5, 0.6) is 0 Å². The van der Waals surface area contributed by atoms with E-state index in [1.54, 1.807) is 0 Å². The highest BCUT2D eigenvalue weighted by atomic mass is 16.2. The van der Waals surface area contributed by atoms with Gasteiger partial charge in [0.15, 0.2) is 0 Å². The molecule has 0 bridgehead atoms. The van der Waals surface area contributed by atoms with Crippen LogP contribution in [0.4, 0.5) is 11.5 Å². The van der Waals surface area contributed by atoms with Crippen molar-refractivity contribution in [2.45, 2.75) is 76.8 Å². The van der Waals surface area contributed by atoms with E-state index in [4.69, 9.17) is 0 Å². The second kappa shape index (κ2) is 10.7. The zero-order valence-electron chi connectivity index (χ0n) is 20.8. The standard InChI is InChI=1S/C28H40N4O/c1-21-11-10-12-22(2)31(21)17-8-5-9-18-32-26-14-7-6-13-23(26)19-25(28(32)33)24-15-16-27(29-20-24)30(3)4/h6-7,13-16,20-22,25H,5,8-12,17-19H2,1-4H3. The molecular formula is C28H40N4O.